The van der Waals surface area contributed by atoms with Crippen molar-refractivity contribution in [3.8, 4) is 5.88 Å². The van der Waals surface area contributed by atoms with E-state index in [1.54, 1.807) is 18.3 Å². The molecule has 5 heteroatoms. The fourth-order valence-corrected chi connectivity index (χ4v) is 2.13. The van der Waals surface area contributed by atoms with Gasteiger partial charge in [0, 0.05) is 31.5 Å². The molecule has 1 aromatic heterocycles. The Kier molecular flexibility index (Phi) is 5.99. The smallest absolute Gasteiger partial charge is 0.253 e. The van der Waals surface area contributed by atoms with Crippen LogP contribution in [0.3, 0.4) is 0 Å². The quantitative estimate of drug-likeness (QED) is 0.874. The van der Waals surface area contributed by atoms with Crippen molar-refractivity contribution in [2.75, 3.05) is 19.8 Å². The largest absolute Gasteiger partial charge is 0.477 e. The Balaban J connectivity index is 1.82. The standard InChI is InChI=1S/C16H24N2O3/c1-3-12(2)18-16(19)14-4-5-15(17-10-14)21-11-13-6-8-20-9-7-13/h4-5,10,12-13H,3,6-9,11H2,1-2H3,(H,18,19)/t12-/m1/s1. The van der Waals surface area contributed by atoms with E-state index in [0.29, 0.717) is 24.0 Å². The molecule has 0 spiro atoms. The molecule has 0 unspecified atom stereocenters. The van der Waals surface area contributed by atoms with Crippen LogP contribution in [0, 0.1) is 5.92 Å². The summed E-state index contributed by atoms with van der Waals surface area (Å²) in [6.07, 6.45) is 4.55. The molecule has 1 fully saturated rings. The Hall–Kier alpha value is -1.62. The predicted octanol–water partition coefficient (Wildman–Crippen LogP) is 2.42. The molecule has 0 aliphatic carbocycles. The lowest BCUT2D eigenvalue weighted by Crippen LogP contribution is -2.31. The van der Waals surface area contributed by atoms with Gasteiger partial charge >= 0.3 is 0 Å². The summed E-state index contributed by atoms with van der Waals surface area (Å²) in [4.78, 5) is 16.1. The molecule has 5 nitrogen and oxygen atoms in total. The van der Waals surface area contributed by atoms with E-state index in [1.807, 2.05) is 13.8 Å². The van der Waals surface area contributed by atoms with Gasteiger partial charge in [-0.2, -0.15) is 0 Å². The van der Waals surface area contributed by atoms with Gasteiger partial charge in [-0.25, -0.2) is 4.98 Å². The van der Waals surface area contributed by atoms with Crippen molar-refractivity contribution in [3.63, 3.8) is 0 Å². The molecule has 1 atom stereocenters. The van der Waals surface area contributed by atoms with E-state index in [2.05, 4.69) is 10.3 Å². The van der Waals surface area contributed by atoms with Crippen molar-refractivity contribution >= 4 is 5.91 Å². The van der Waals surface area contributed by atoms with E-state index in [9.17, 15) is 4.79 Å². The highest BCUT2D eigenvalue weighted by Crippen LogP contribution is 2.16. The fraction of sp³-hybridized carbons (Fsp3) is 0.625. The molecule has 1 amide bonds. The first kappa shape index (κ1) is 15.8. The highest BCUT2D eigenvalue weighted by atomic mass is 16.5. The molecule has 2 rings (SSSR count). The first-order chi connectivity index (χ1) is 10.2. The third-order valence-electron chi connectivity index (χ3n) is 3.80. The topological polar surface area (TPSA) is 60.5 Å². The van der Waals surface area contributed by atoms with Crippen LogP contribution in [0.25, 0.3) is 0 Å². The minimum atomic E-state index is -0.0900. The number of carbonyl (C=O) groups is 1. The van der Waals surface area contributed by atoms with Crippen LogP contribution >= 0.6 is 0 Å². The van der Waals surface area contributed by atoms with Gasteiger partial charge in [0.15, 0.2) is 0 Å². The monoisotopic (exact) mass is 292 g/mol. The van der Waals surface area contributed by atoms with Gasteiger partial charge in [-0.3, -0.25) is 4.79 Å². The maximum atomic E-state index is 11.9. The summed E-state index contributed by atoms with van der Waals surface area (Å²) in [6, 6.07) is 3.68. The number of ether oxygens (including phenoxy) is 2. The third kappa shape index (κ3) is 5.01. The number of aromatic nitrogens is 1. The summed E-state index contributed by atoms with van der Waals surface area (Å²) in [5.74, 6) is 1.02. The van der Waals surface area contributed by atoms with E-state index < -0.39 is 0 Å². The first-order valence-electron chi connectivity index (χ1n) is 7.66. The van der Waals surface area contributed by atoms with E-state index in [1.165, 1.54) is 0 Å². The van der Waals surface area contributed by atoms with Gasteiger partial charge < -0.3 is 14.8 Å². The minimum Gasteiger partial charge on any atom is -0.477 e. The van der Waals surface area contributed by atoms with Crippen molar-refractivity contribution in [3.05, 3.63) is 23.9 Å². The second-order valence-corrected chi connectivity index (χ2v) is 5.53. The average molecular weight is 292 g/mol. The Bertz CT molecular complexity index is 441. The fourth-order valence-electron chi connectivity index (χ4n) is 2.13. The average Bonchev–Trinajstić information content (AvgIpc) is 2.54. The first-order valence-corrected chi connectivity index (χ1v) is 7.66. The van der Waals surface area contributed by atoms with Crippen LogP contribution in [0.1, 0.15) is 43.5 Å². The van der Waals surface area contributed by atoms with Crippen LogP contribution in [0.4, 0.5) is 0 Å². The van der Waals surface area contributed by atoms with E-state index in [4.69, 9.17) is 9.47 Å². The summed E-state index contributed by atoms with van der Waals surface area (Å²) in [5.41, 5.74) is 0.564. The number of nitrogens with one attached hydrogen (secondary N) is 1. The Labute approximate surface area is 126 Å². The zero-order chi connectivity index (χ0) is 15.1. The molecule has 1 N–H and O–H groups in total. The second kappa shape index (κ2) is 7.98. The number of nitrogens with zero attached hydrogens (tertiary/aromatic N) is 1. The molecular formula is C16H24N2O3. The molecule has 0 radical (unpaired) electrons. The molecule has 0 aromatic carbocycles. The highest BCUT2D eigenvalue weighted by molar-refractivity contribution is 5.94. The van der Waals surface area contributed by atoms with Crippen molar-refractivity contribution in [2.24, 2.45) is 5.92 Å². The number of hydrogen-bond acceptors (Lipinski definition) is 4. The molecule has 116 valence electrons. The lowest BCUT2D eigenvalue weighted by atomic mass is 10.0. The van der Waals surface area contributed by atoms with E-state index in [0.717, 1.165) is 32.5 Å². The van der Waals surface area contributed by atoms with Crippen LogP contribution in [-0.4, -0.2) is 36.8 Å². The maximum absolute atomic E-state index is 11.9. The second-order valence-electron chi connectivity index (χ2n) is 5.53. The maximum Gasteiger partial charge on any atom is 0.253 e. The molecule has 0 bridgehead atoms. The van der Waals surface area contributed by atoms with Crippen LogP contribution < -0.4 is 10.1 Å². The summed E-state index contributed by atoms with van der Waals surface area (Å²) in [6.45, 7) is 6.31. The summed E-state index contributed by atoms with van der Waals surface area (Å²) in [7, 11) is 0. The van der Waals surface area contributed by atoms with Gasteiger partial charge in [-0.15, -0.1) is 0 Å². The Morgan fingerprint density at radius 2 is 2.24 bits per heavy atom. The third-order valence-corrected chi connectivity index (χ3v) is 3.80. The molecular weight excluding hydrogens is 268 g/mol. The molecule has 0 saturated carbocycles. The van der Waals surface area contributed by atoms with Gasteiger partial charge in [-0.05, 0) is 38.2 Å². The number of hydrogen-bond donors (Lipinski definition) is 1. The predicted molar refractivity (Wildman–Crippen MR) is 80.5 cm³/mol. The van der Waals surface area contributed by atoms with E-state index in [-0.39, 0.29) is 11.9 Å². The van der Waals surface area contributed by atoms with Crippen molar-refractivity contribution in [1.29, 1.82) is 0 Å². The van der Waals surface area contributed by atoms with Crippen LogP contribution in [0.15, 0.2) is 18.3 Å². The van der Waals surface area contributed by atoms with Gasteiger partial charge in [0.2, 0.25) is 5.88 Å². The van der Waals surface area contributed by atoms with Crippen LogP contribution in [0.2, 0.25) is 0 Å². The SMILES string of the molecule is CC[C@@H](C)NC(=O)c1ccc(OCC2CCOCC2)nc1. The molecule has 2 heterocycles. The van der Waals surface area contributed by atoms with Gasteiger partial charge in [-0.1, -0.05) is 6.92 Å². The van der Waals surface area contributed by atoms with Crippen molar-refractivity contribution < 1.29 is 14.3 Å². The summed E-state index contributed by atoms with van der Waals surface area (Å²) in [5, 5.41) is 2.92. The number of amides is 1. The van der Waals surface area contributed by atoms with Crippen LogP contribution in [0.5, 0.6) is 5.88 Å². The summed E-state index contributed by atoms with van der Waals surface area (Å²) < 4.78 is 11.0. The zero-order valence-electron chi connectivity index (χ0n) is 12.8. The van der Waals surface area contributed by atoms with Gasteiger partial charge in [0.05, 0.1) is 12.2 Å². The number of pyridine rings is 1. The number of rotatable bonds is 6. The Morgan fingerprint density at radius 1 is 1.48 bits per heavy atom. The van der Waals surface area contributed by atoms with Crippen molar-refractivity contribution in [1.82, 2.24) is 10.3 Å². The van der Waals surface area contributed by atoms with Gasteiger partial charge in [0.25, 0.3) is 5.91 Å². The van der Waals surface area contributed by atoms with Gasteiger partial charge in [0.1, 0.15) is 0 Å². The van der Waals surface area contributed by atoms with E-state index >= 15 is 0 Å². The van der Waals surface area contributed by atoms with Crippen LogP contribution in [-0.2, 0) is 4.74 Å². The zero-order valence-corrected chi connectivity index (χ0v) is 12.8. The highest BCUT2D eigenvalue weighted by Gasteiger charge is 2.15. The lowest BCUT2D eigenvalue weighted by Gasteiger charge is -2.21. The normalized spacial score (nSPS) is 17.2. The van der Waals surface area contributed by atoms with Crippen molar-refractivity contribution in [2.45, 2.75) is 39.2 Å². The molecule has 1 aromatic rings. The molecule has 1 saturated heterocycles. The Morgan fingerprint density at radius 3 is 2.86 bits per heavy atom. The summed E-state index contributed by atoms with van der Waals surface area (Å²) >= 11 is 0. The number of carbonyl (C=O) groups excluding carboxylic acids is 1. The minimum absolute atomic E-state index is 0.0900. The molecule has 1 aliphatic rings. The molecule has 1 aliphatic heterocycles. The molecule has 21 heavy (non-hydrogen) atoms. The lowest BCUT2D eigenvalue weighted by molar-refractivity contribution is 0.0490.